The normalized spacial score (nSPS) is 10.6. The molecule has 0 aliphatic carbocycles. The first-order valence-electron chi connectivity index (χ1n) is 10.0. The standard InChI is InChI=1S/C22H24N4O6/c1-4-11-25(21(27)14-31-18-9-10-19(26(28)29)15(2)12-18)13-20-23-22(24-32-20)16-5-7-17(30-3)8-6-16/h5-10,12H,4,11,13-14H2,1-3H3. The molecule has 0 aliphatic heterocycles. The molecule has 168 valence electrons. The molecule has 0 unspecified atom stereocenters. The highest BCUT2D eigenvalue weighted by Crippen LogP contribution is 2.23. The summed E-state index contributed by atoms with van der Waals surface area (Å²) in [5.74, 6) is 1.58. The topological polar surface area (TPSA) is 121 Å². The van der Waals surface area contributed by atoms with Gasteiger partial charge >= 0.3 is 0 Å². The van der Waals surface area contributed by atoms with Crippen LogP contribution in [0.15, 0.2) is 47.0 Å². The number of benzene rings is 2. The second-order valence-corrected chi connectivity index (χ2v) is 7.05. The SMILES string of the molecule is CCCN(Cc1nc(-c2ccc(OC)cc2)no1)C(=O)COc1ccc([N+](=O)[O-])c(C)c1. The van der Waals surface area contributed by atoms with Gasteiger partial charge in [-0.15, -0.1) is 0 Å². The van der Waals surface area contributed by atoms with Crippen LogP contribution in [0.2, 0.25) is 0 Å². The van der Waals surface area contributed by atoms with Gasteiger partial charge in [-0.25, -0.2) is 0 Å². The Bertz CT molecular complexity index is 1080. The minimum absolute atomic E-state index is 0.000319. The van der Waals surface area contributed by atoms with E-state index < -0.39 is 4.92 Å². The van der Waals surface area contributed by atoms with E-state index in [9.17, 15) is 14.9 Å². The predicted octanol–water partition coefficient (Wildman–Crippen LogP) is 3.78. The zero-order valence-electron chi connectivity index (χ0n) is 18.1. The molecule has 0 radical (unpaired) electrons. The fourth-order valence-corrected chi connectivity index (χ4v) is 3.06. The van der Waals surface area contributed by atoms with Gasteiger partial charge in [-0.05, 0) is 49.7 Å². The largest absolute Gasteiger partial charge is 0.497 e. The van der Waals surface area contributed by atoms with Gasteiger partial charge in [0.1, 0.15) is 18.0 Å². The van der Waals surface area contributed by atoms with Crippen molar-refractivity contribution in [2.75, 3.05) is 20.3 Å². The summed E-state index contributed by atoms with van der Waals surface area (Å²) in [4.78, 5) is 29.1. The summed E-state index contributed by atoms with van der Waals surface area (Å²) in [5, 5.41) is 14.9. The number of rotatable bonds is 10. The Labute approximate surface area is 184 Å². The van der Waals surface area contributed by atoms with Crippen LogP contribution in [-0.2, 0) is 11.3 Å². The van der Waals surface area contributed by atoms with Crippen LogP contribution in [0.3, 0.4) is 0 Å². The monoisotopic (exact) mass is 440 g/mol. The van der Waals surface area contributed by atoms with E-state index >= 15 is 0 Å². The van der Waals surface area contributed by atoms with E-state index in [1.165, 1.54) is 18.2 Å². The number of methoxy groups -OCH3 is 1. The highest BCUT2D eigenvalue weighted by atomic mass is 16.6. The van der Waals surface area contributed by atoms with Gasteiger partial charge in [0.2, 0.25) is 11.7 Å². The number of amides is 1. The van der Waals surface area contributed by atoms with Gasteiger partial charge in [-0.2, -0.15) is 4.98 Å². The molecule has 3 rings (SSSR count). The maximum atomic E-state index is 12.7. The van der Waals surface area contributed by atoms with Crippen LogP contribution in [0.5, 0.6) is 11.5 Å². The van der Waals surface area contributed by atoms with E-state index in [-0.39, 0.29) is 24.7 Å². The van der Waals surface area contributed by atoms with Crippen molar-refractivity contribution in [2.24, 2.45) is 0 Å². The van der Waals surface area contributed by atoms with Gasteiger partial charge in [-0.3, -0.25) is 14.9 Å². The molecule has 0 fully saturated rings. The number of nitrogens with zero attached hydrogens (tertiary/aromatic N) is 4. The lowest BCUT2D eigenvalue weighted by Gasteiger charge is -2.20. The van der Waals surface area contributed by atoms with Crippen molar-refractivity contribution in [3.8, 4) is 22.9 Å². The number of nitro groups is 1. The molecule has 1 heterocycles. The number of carbonyl (C=O) groups is 1. The summed E-state index contributed by atoms with van der Waals surface area (Å²) in [6, 6.07) is 11.6. The Kier molecular flexibility index (Phi) is 7.37. The molecule has 10 nitrogen and oxygen atoms in total. The van der Waals surface area contributed by atoms with Crippen molar-refractivity contribution < 1.29 is 23.7 Å². The second-order valence-electron chi connectivity index (χ2n) is 7.05. The summed E-state index contributed by atoms with van der Waals surface area (Å²) < 4.78 is 16.0. The molecule has 0 atom stereocenters. The molecular formula is C22H24N4O6. The quantitative estimate of drug-likeness (QED) is 0.345. The summed E-state index contributed by atoms with van der Waals surface area (Å²) in [6.07, 6.45) is 0.738. The molecule has 3 aromatic rings. The highest BCUT2D eigenvalue weighted by Gasteiger charge is 2.19. The van der Waals surface area contributed by atoms with E-state index in [1.807, 2.05) is 19.1 Å². The van der Waals surface area contributed by atoms with Gasteiger partial charge in [0.05, 0.1) is 12.0 Å². The molecular weight excluding hydrogens is 416 g/mol. The first kappa shape index (κ1) is 22.7. The molecule has 0 aliphatic rings. The molecule has 0 N–H and O–H groups in total. The van der Waals surface area contributed by atoms with Crippen molar-refractivity contribution in [3.63, 3.8) is 0 Å². The van der Waals surface area contributed by atoms with Crippen molar-refractivity contribution >= 4 is 11.6 Å². The number of carbonyl (C=O) groups excluding carboxylic acids is 1. The van der Waals surface area contributed by atoms with Crippen molar-refractivity contribution in [1.29, 1.82) is 0 Å². The number of aryl methyl sites for hydroxylation is 1. The van der Waals surface area contributed by atoms with Crippen molar-refractivity contribution in [2.45, 2.75) is 26.8 Å². The minimum atomic E-state index is -0.460. The van der Waals surface area contributed by atoms with Crippen LogP contribution in [0, 0.1) is 17.0 Å². The number of aromatic nitrogens is 2. The zero-order valence-corrected chi connectivity index (χ0v) is 18.1. The highest BCUT2D eigenvalue weighted by molar-refractivity contribution is 5.77. The molecule has 0 bridgehead atoms. The third-order valence-corrected chi connectivity index (χ3v) is 4.72. The molecule has 0 saturated heterocycles. The summed E-state index contributed by atoms with van der Waals surface area (Å²) >= 11 is 0. The van der Waals surface area contributed by atoms with Crippen LogP contribution in [-0.4, -0.2) is 46.1 Å². The van der Waals surface area contributed by atoms with E-state index in [0.29, 0.717) is 29.6 Å². The van der Waals surface area contributed by atoms with E-state index in [1.54, 1.807) is 31.1 Å². The Morgan fingerprint density at radius 2 is 1.91 bits per heavy atom. The Hall–Kier alpha value is -3.95. The van der Waals surface area contributed by atoms with Crippen LogP contribution in [0.4, 0.5) is 5.69 Å². The average Bonchev–Trinajstić information content (AvgIpc) is 3.25. The first-order valence-corrected chi connectivity index (χ1v) is 10.0. The molecule has 2 aromatic carbocycles. The lowest BCUT2D eigenvalue weighted by Crippen LogP contribution is -2.35. The summed E-state index contributed by atoms with van der Waals surface area (Å²) in [7, 11) is 1.59. The lowest BCUT2D eigenvalue weighted by molar-refractivity contribution is -0.385. The van der Waals surface area contributed by atoms with E-state index in [0.717, 1.165) is 17.7 Å². The Balaban J connectivity index is 1.63. The van der Waals surface area contributed by atoms with Crippen LogP contribution in [0.25, 0.3) is 11.4 Å². The first-order chi connectivity index (χ1) is 15.4. The fraction of sp³-hybridized carbons (Fsp3) is 0.318. The number of ether oxygens (including phenoxy) is 2. The predicted molar refractivity (Wildman–Crippen MR) is 115 cm³/mol. The number of hydrogen-bond acceptors (Lipinski definition) is 8. The van der Waals surface area contributed by atoms with Crippen LogP contribution in [0.1, 0.15) is 24.8 Å². The van der Waals surface area contributed by atoms with Crippen LogP contribution >= 0.6 is 0 Å². The Morgan fingerprint density at radius 1 is 1.19 bits per heavy atom. The van der Waals surface area contributed by atoms with Gasteiger partial charge in [-0.1, -0.05) is 12.1 Å². The summed E-state index contributed by atoms with van der Waals surface area (Å²) in [5.41, 5.74) is 1.23. The van der Waals surface area contributed by atoms with Crippen molar-refractivity contribution in [3.05, 3.63) is 64.0 Å². The third kappa shape index (κ3) is 5.60. The molecule has 1 amide bonds. The minimum Gasteiger partial charge on any atom is -0.497 e. The Morgan fingerprint density at radius 3 is 2.53 bits per heavy atom. The van der Waals surface area contributed by atoms with Crippen LogP contribution < -0.4 is 9.47 Å². The lowest BCUT2D eigenvalue weighted by atomic mass is 10.2. The maximum absolute atomic E-state index is 12.7. The molecule has 32 heavy (non-hydrogen) atoms. The number of nitro benzene ring substituents is 1. The van der Waals surface area contributed by atoms with Gasteiger partial charge in [0, 0.05) is 23.7 Å². The third-order valence-electron chi connectivity index (χ3n) is 4.72. The average molecular weight is 440 g/mol. The zero-order chi connectivity index (χ0) is 23.1. The van der Waals surface area contributed by atoms with Crippen molar-refractivity contribution in [1.82, 2.24) is 15.0 Å². The molecule has 0 spiro atoms. The smallest absolute Gasteiger partial charge is 0.272 e. The molecule has 1 aromatic heterocycles. The van der Waals surface area contributed by atoms with E-state index in [2.05, 4.69) is 10.1 Å². The van der Waals surface area contributed by atoms with Gasteiger partial charge in [0.15, 0.2) is 6.61 Å². The summed E-state index contributed by atoms with van der Waals surface area (Å²) in [6.45, 7) is 4.00. The molecule has 0 saturated carbocycles. The van der Waals surface area contributed by atoms with Gasteiger partial charge < -0.3 is 18.9 Å². The molecule has 10 heteroatoms. The maximum Gasteiger partial charge on any atom is 0.272 e. The van der Waals surface area contributed by atoms with Gasteiger partial charge in [0.25, 0.3) is 11.6 Å². The number of hydrogen-bond donors (Lipinski definition) is 0. The van der Waals surface area contributed by atoms with E-state index in [4.69, 9.17) is 14.0 Å². The fourth-order valence-electron chi connectivity index (χ4n) is 3.06. The second kappa shape index (κ2) is 10.4.